The molecule has 2 fully saturated rings. The quantitative estimate of drug-likeness (QED) is 0.0780. The number of nitrogens with one attached hydrogen (secondary N) is 3. The number of aromatic nitrogens is 4. The molecular weight excluding hydrogens is 1040 g/mol. The van der Waals surface area contributed by atoms with Gasteiger partial charge >= 0.3 is 0 Å². The third kappa shape index (κ3) is 13.8. The van der Waals surface area contributed by atoms with E-state index in [2.05, 4.69) is 52.8 Å². The van der Waals surface area contributed by atoms with Crippen LogP contribution < -0.4 is 30.7 Å². The highest BCUT2D eigenvalue weighted by molar-refractivity contribution is 7.85. The minimum Gasteiger partial charge on any atom is -0.388 e. The summed E-state index contributed by atoms with van der Waals surface area (Å²) < 4.78 is 51.9. The van der Waals surface area contributed by atoms with Gasteiger partial charge in [-0.05, 0) is 123 Å². The number of benzene rings is 4. The Bertz CT molecular complexity index is 2890. The van der Waals surface area contributed by atoms with Crippen LogP contribution >= 0.6 is 34.8 Å². The minimum absolute atomic E-state index is 0.0590. The van der Waals surface area contributed by atoms with E-state index in [1.54, 1.807) is 52.0 Å². The molecule has 2 unspecified atom stereocenters. The molecule has 6 heterocycles. The molecule has 4 aromatic carbocycles. The molecule has 4 aliphatic rings. The highest BCUT2D eigenvalue weighted by atomic mass is 35.5. The van der Waals surface area contributed by atoms with E-state index in [9.17, 15) is 27.4 Å². The molecule has 2 aromatic heterocycles. The fourth-order valence-electron chi connectivity index (χ4n) is 9.00. The molecule has 0 spiro atoms. The molecule has 0 aliphatic carbocycles. The zero-order chi connectivity index (χ0) is 52.0. The van der Waals surface area contributed by atoms with Gasteiger partial charge in [0.15, 0.2) is 0 Å². The number of piperazine rings is 2. The van der Waals surface area contributed by atoms with Crippen molar-refractivity contribution >= 4 is 85.4 Å². The smallest absolute Gasteiger partial charge is 0.227 e. The zero-order valence-electron chi connectivity index (χ0n) is 40.9. The second-order valence-corrected chi connectivity index (χ2v) is 23.3. The summed E-state index contributed by atoms with van der Waals surface area (Å²) >= 11 is 17.8. The summed E-state index contributed by atoms with van der Waals surface area (Å²) in [6.45, 7) is 14.0. The highest BCUT2D eigenvalue weighted by Gasteiger charge is 2.35. The van der Waals surface area contributed by atoms with E-state index in [1.807, 2.05) is 36.4 Å². The summed E-state index contributed by atoms with van der Waals surface area (Å²) in [4.78, 5) is 25.8. The van der Waals surface area contributed by atoms with Gasteiger partial charge in [0.1, 0.15) is 33.1 Å². The Morgan fingerprint density at radius 1 is 0.562 bits per heavy atom. The second kappa shape index (κ2) is 23.7. The van der Waals surface area contributed by atoms with Gasteiger partial charge in [-0.15, -0.1) is 0 Å². The van der Waals surface area contributed by atoms with Crippen molar-refractivity contribution < 1.29 is 27.4 Å². The van der Waals surface area contributed by atoms with Crippen LogP contribution in [0.4, 0.5) is 37.7 Å². The maximum absolute atomic E-state index is 13.6. The van der Waals surface area contributed by atoms with Gasteiger partial charge in [0, 0.05) is 98.1 Å². The average molecular weight is 1100 g/mol. The summed E-state index contributed by atoms with van der Waals surface area (Å²) in [7, 11) is -2.43. The van der Waals surface area contributed by atoms with Gasteiger partial charge in [0.2, 0.25) is 11.2 Å². The molecule has 21 heteroatoms. The molecule has 388 valence electrons. The average Bonchev–Trinajstić information content (AvgIpc) is 3.94. The molecule has 4 atom stereocenters. The van der Waals surface area contributed by atoms with Crippen LogP contribution in [0.3, 0.4) is 0 Å². The molecule has 0 saturated carbocycles. The van der Waals surface area contributed by atoms with E-state index in [0.717, 1.165) is 68.8 Å². The first-order valence-electron chi connectivity index (χ1n) is 24.0. The van der Waals surface area contributed by atoms with E-state index in [4.69, 9.17) is 44.8 Å². The fourth-order valence-corrected chi connectivity index (χ4v) is 12.1. The number of hydrogen-bond acceptors (Lipinski definition) is 14. The van der Waals surface area contributed by atoms with Crippen LogP contribution in [0, 0.1) is 11.6 Å². The van der Waals surface area contributed by atoms with Crippen molar-refractivity contribution in [1.29, 1.82) is 0 Å². The molecular formula is C52H59Cl3F2N10O4S2. The molecule has 73 heavy (non-hydrogen) atoms. The van der Waals surface area contributed by atoms with E-state index < -0.39 is 44.9 Å². The first-order valence-corrected chi connectivity index (χ1v) is 27.8. The van der Waals surface area contributed by atoms with Crippen molar-refractivity contribution in [2.75, 3.05) is 89.2 Å². The summed E-state index contributed by atoms with van der Waals surface area (Å²) in [5, 5.41) is 32.9. The van der Waals surface area contributed by atoms with Crippen molar-refractivity contribution in [3.8, 4) is 0 Å². The summed E-state index contributed by atoms with van der Waals surface area (Å²) in [5.74, 6) is 1.65. The van der Waals surface area contributed by atoms with E-state index in [-0.39, 0.29) is 16.9 Å². The number of hydrogen-bond donors (Lipinski definition) is 5. The van der Waals surface area contributed by atoms with Crippen LogP contribution in [0.15, 0.2) is 107 Å². The minimum atomic E-state index is -1.23. The van der Waals surface area contributed by atoms with Gasteiger partial charge in [-0.2, -0.15) is 9.97 Å². The third-order valence-electron chi connectivity index (χ3n) is 12.8. The maximum Gasteiger partial charge on any atom is 0.227 e. The Morgan fingerprint density at radius 3 is 1.40 bits per heavy atom. The number of fused-ring (bicyclic) bond motifs is 2. The predicted molar refractivity (Wildman–Crippen MR) is 290 cm³/mol. The van der Waals surface area contributed by atoms with Crippen LogP contribution in [0.2, 0.25) is 15.3 Å². The Morgan fingerprint density at radius 2 is 0.959 bits per heavy atom. The normalized spacial score (nSPS) is 18.4. The number of aliphatic hydroxyl groups is 2. The van der Waals surface area contributed by atoms with Crippen LogP contribution in [-0.2, 0) is 34.4 Å². The van der Waals surface area contributed by atoms with E-state index >= 15 is 0 Å². The molecule has 4 aliphatic heterocycles. The lowest BCUT2D eigenvalue weighted by Gasteiger charge is -2.36. The Hall–Kier alpha value is -5.05. The number of nitrogens with zero attached hydrogens (tertiary/aromatic N) is 7. The van der Waals surface area contributed by atoms with Crippen molar-refractivity contribution in [2.45, 2.75) is 73.6 Å². The molecule has 0 bridgehead atoms. The molecule has 14 nitrogen and oxygen atoms in total. The molecule has 5 N–H and O–H groups in total. The monoisotopic (exact) mass is 1090 g/mol. The molecule has 0 amide bonds. The van der Waals surface area contributed by atoms with Gasteiger partial charge in [-0.1, -0.05) is 47.5 Å². The first kappa shape index (κ1) is 54.2. The van der Waals surface area contributed by atoms with Crippen molar-refractivity contribution in [2.24, 2.45) is 0 Å². The van der Waals surface area contributed by atoms with Crippen molar-refractivity contribution in [3.63, 3.8) is 0 Å². The number of halogens is 5. The highest BCUT2D eigenvalue weighted by Crippen LogP contribution is 2.37. The lowest BCUT2D eigenvalue weighted by Crippen LogP contribution is -2.47. The second-order valence-electron chi connectivity index (χ2n) is 19.1. The summed E-state index contributed by atoms with van der Waals surface area (Å²) in [6, 6.07) is 26.5. The number of rotatable bonds is 11. The van der Waals surface area contributed by atoms with Gasteiger partial charge in [-0.3, -0.25) is 8.42 Å². The predicted octanol–water partition coefficient (Wildman–Crippen LogP) is 8.79. The van der Waals surface area contributed by atoms with Crippen LogP contribution in [0.5, 0.6) is 0 Å². The lowest BCUT2D eigenvalue weighted by atomic mass is 9.92. The molecule has 2 saturated heterocycles. The van der Waals surface area contributed by atoms with Crippen LogP contribution in [0.25, 0.3) is 0 Å². The van der Waals surface area contributed by atoms with Crippen LogP contribution in [0.1, 0.15) is 62.3 Å². The standard InChI is InChI=1S/C26H29ClFN5O2S.C16H17ClFN3O2S.C10H13ClN2/c1-26(2,34)23(17-3-7-19(28)8-4-17)30-24-22-21(11-16-36(22)35)29-25(31-24)33-14-12-32(13-15-33)20-9-5-18(27)6-10-20;1-16(2,22)13(9-3-5-10(18)6-4-9)20-14-12-11(7-8-24(12)23)19-15(17)21-14;11-9-1-3-10(4-2-9)13-7-5-12-6-8-13/h3-10,23,34H,11-16H2,1-2H3,(H,29,30,31);3-6,13,22H,7-8H2,1-2H3,(H,19,20,21);1-4,12H,5-8H2/t23-,36?;13-,24?;/m11./s1. The zero-order valence-corrected chi connectivity index (χ0v) is 44.8. The summed E-state index contributed by atoms with van der Waals surface area (Å²) in [5.41, 5.74) is 2.83. The lowest BCUT2D eigenvalue weighted by molar-refractivity contribution is 0.0581. The molecule has 10 rings (SSSR count). The Labute approximate surface area is 444 Å². The number of aryl methyl sites for hydroxylation is 2. The van der Waals surface area contributed by atoms with E-state index in [1.165, 1.54) is 30.0 Å². The molecule has 6 aromatic rings. The Kier molecular flexibility index (Phi) is 17.6. The third-order valence-corrected chi connectivity index (χ3v) is 16.4. The fraction of sp³-hybridized carbons (Fsp3) is 0.385. The largest absolute Gasteiger partial charge is 0.388 e. The van der Waals surface area contributed by atoms with Gasteiger partial charge in [-0.25, -0.2) is 18.7 Å². The molecule has 0 radical (unpaired) electrons. The van der Waals surface area contributed by atoms with Crippen LogP contribution in [-0.4, -0.2) is 114 Å². The van der Waals surface area contributed by atoms with E-state index in [0.29, 0.717) is 73.6 Å². The number of anilines is 5. The topological polar surface area (TPSA) is 172 Å². The Balaban J connectivity index is 0.000000164. The first-order chi connectivity index (χ1) is 34.8. The SMILES string of the molecule is CC(C)(O)[C@H](Nc1nc(Cl)nc2c1S(=O)CC2)c1ccc(F)cc1.CC(C)(O)[C@H](Nc1nc(N2CCN(c3ccc(Cl)cc3)CC2)nc2c1S(=O)CC2)c1ccc(F)cc1.Clc1ccc(N2CCNCC2)cc1. The van der Waals surface area contributed by atoms with Gasteiger partial charge in [0.05, 0.1) is 56.3 Å². The van der Waals surface area contributed by atoms with Crippen molar-refractivity contribution in [1.82, 2.24) is 25.3 Å². The maximum atomic E-state index is 13.6. The van der Waals surface area contributed by atoms with Crippen molar-refractivity contribution in [3.05, 3.63) is 147 Å². The van der Waals surface area contributed by atoms with Gasteiger partial charge in [0.25, 0.3) is 0 Å². The summed E-state index contributed by atoms with van der Waals surface area (Å²) in [6.07, 6.45) is 1.18. The van der Waals surface area contributed by atoms with Gasteiger partial charge < -0.3 is 40.9 Å².